The standard InChI is InChI=1S/C20H19N3O2/c21-12-18(16-8-9-16)23-19(24)13-22-20(25)17-10-6-15(7-11-17)14-4-2-1-3-5-14/h1-7,10-11,16,18H,8-9,13H2,(H,22,25)(H,23,24)/t18-/m1/s1. The van der Waals surface area contributed by atoms with Gasteiger partial charge < -0.3 is 10.6 Å². The monoisotopic (exact) mass is 333 g/mol. The van der Waals surface area contributed by atoms with E-state index in [1.807, 2.05) is 42.5 Å². The van der Waals surface area contributed by atoms with Crippen LogP contribution in [-0.4, -0.2) is 24.4 Å². The van der Waals surface area contributed by atoms with Crippen molar-refractivity contribution in [3.63, 3.8) is 0 Å². The van der Waals surface area contributed by atoms with E-state index in [-0.39, 0.29) is 24.3 Å². The first-order valence-electron chi connectivity index (χ1n) is 8.30. The molecular weight excluding hydrogens is 314 g/mol. The van der Waals surface area contributed by atoms with Gasteiger partial charge in [0.2, 0.25) is 5.91 Å². The molecule has 2 N–H and O–H groups in total. The molecule has 0 saturated heterocycles. The van der Waals surface area contributed by atoms with Crippen LogP contribution < -0.4 is 10.6 Å². The number of nitrogens with one attached hydrogen (secondary N) is 2. The van der Waals surface area contributed by atoms with E-state index in [2.05, 4.69) is 16.7 Å². The van der Waals surface area contributed by atoms with Gasteiger partial charge in [0, 0.05) is 5.56 Å². The molecule has 0 bridgehead atoms. The SMILES string of the molecule is N#C[C@@H](NC(=O)CNC(=O)c1ccc(-c2ccccc2)cc1)C1CC1. The Kier molecular flexibility index (Phi) is 5.10. The van der Waals surface area contributed by atoms with Crippen molar-refractivity contribution in [2.45, 2.75) is 18.9 Å². The predicted molar refractivity (Wildman–Crippen MR) is 94.5 cm³/mol. The summed E-state index contributed by atoms with van der Waals surface area (Å²) in [6.45, 7) is -0.135. The average molecular weight is 333 g/mol. The van der Waals surface area contributed by atoms with Crippen molar-refractivity contribution >= 4 is 11.8 Å². The summed E-state index contributed by atoms with van der Waals surface area (Å²) in [5, 5.41) is 14.2. The molecule has 0 aliphatic heterocycles. The minimum Gasteiger partial charge on any atom is -0.343 e. The molecular formula is C20H19N3O2. The second-order valence-corrected chi connectivity index (χ2v) is 6.14. The van der Waals surface area contributed by atoms with Crippen molar-refractivity contribution in [1.29, 1.82) is 5.26 Å². The smallest absolute Gasteiger partial charge is 0.251 e. The zero-order valence-corrected chi connectivity index (χ0v) is 13.7. The zero-order valence-electron chi connectivity index (χ0n) is 13.7. The minimum absolute atomic E-state index is 0.135. The number of hydrogen-bond acceptors (Lipinski definition) is 3. The molecule has 0 spiro atoms. The summed E-state index contributed by atoms with van der Waals surface area (Å²) in [5.74, 6) is -0.391. The molecule has 0 radical (unpaired) electrons. The van der Waals surface area contributed by atoms with Crippen LogP contribution in [0.4, 0.5) is 0 Å². The number of benzene rings is 2. The average Bonchev–Trinajstić information content (AvgIpc) is 3.50. The molecule has 2 aromatic carbocycles. The summed E-state index contributed by atoms with van der Waals surface area (Å²) >= 11 is 0. The molecule has 1 saturated carbocycles. The molecule has 2 amide bonds. The number of amides is 2. The third-order valence-electron chi connectivity index (χ3n) is 4.21. The largest absolute Gasteiger partial charge is 0.343 e. The predicted octanol–water partition coefficient (Wildman–Crippen LogP) is 2.50. The van der Waals surface area contributed by atoms with Gasteiger partial charge in [-0.15, -0.1) is 0 Å². The third kappa shape index (κ3) is 4.45. The van der Waals surface area contributed by atoms with E-state index in [4.69, 9.17) is 5.26 Å². The van der Waals surface area contributed by atoms with Crippen LogP contribution in [0.1, 0.15) is 23.2 Å². The van der Waals surface area contributed by atoms with E-state index in [0.29, 0.717) is 5.56 Å². The Morgan fingerprint density at radius 2 is 1.68 bits per heavy atom. The third-order valence-corrected chi connectivity index (χ3v) is 4.21. The van der Waals surface area contributed by atoms with Gasteiger partial charge in [0.1, 0.15) is 6.04 Å². The van der Waals surface area contributed by atoms with Gasteiger partial charge >= 0.3 is 0 Å². The Labute approximate surface area is 146 Å². The summed E-state index contributed by atoms with van der Waals surface area (Å²) in [7, 11) is 0. The van der Waals surface area contributed by atoms with Crippen molar-refractivity contribution in [3.8, 4) is 17.2 Å². The zero-order chi connectivity index (χ0) is 17.6. The highest BCUT2D eigenvalue weighted by Crippen LogP contribution is 2.32. The number of carbonyl (C=O) groups is 2. The van der Waals surface area contributed by atoms with Gasteiger partial charge in [0.15, 0.2) is 0 Å². The molecule has 5 nitrogen and oxygen atoms in total. The van der Waals surface area contributed by atoms with Crippen molar-refractivity contribution < 1.29 is 9.59 Å². The molecule has 1 atom stereocenters. The van der Waals surface area contributed by atoms with Crippen molar-refractivity contribution in [1.82, 2.24) is 10.6 Å². The van der Waals surface area contributed by atoms with Crippen LogP contribution in [0.25, 0.3) is 11.1 Å². The van der Waals surface area contributed by atoms with Crippen LogP contribution in [0.2, 0.25) is 0 Å². The molecule has 3 rings (SSSR count). The Balaban J connectivity index is 1.53. The Morgan fingerprint density at radius 3 is 2.28 bits per heavy atom. The second kappa shape index (κ2) is 7.63. The fraction of sp³-hybridized carbons (Fsp3) is 0.250. The number of rotatable bonds is 6. The van der Waals surface area contributed by atoms with Crippen LogP contribution in [-0.2, 0) is 4.79 Å². The summed E-state index contributed by atoms with van der Waals surface area (Å²) in [6, 6.07) is 18.8. The summed E-state index contributed by atoms with van der Waals surface area (Å²) in [5.41, 5.74) is 2.60. The molecule has 2 aromatic rings. The second-order valence-electron chi connectivity index (χ2n) is 6.14. The summed E-state index contributed by atoms with van der Waals surface area (Å²) in [4.78, 5) is 24.0. The van der Waals surface area contributed by atoms with E-state index in [1.165, 1.54) is 0 Å². The molecule has 1 aliphatic carbocycles. The highest BCUT2D eigenvalue weighted by Gasteiger charge is 2.32. The van der Waals surface area contributed by atoms with E-state index in [1.54, 1.807) is 12.1 Å². The summed E-state index contributed by atoms with van der Waals surface area (Å²) in [6.07, 6.45) is 1.94. The molecule has 1 fully saturated rings. The van der Waals surface area contributed by atoms with E-state index in [9.17, 15) is 9.59 Å². The lowest BCUT2D eigenvalue weighted by Gasteiger charge is -2.11. The van der Waals surface area contributed by atoms with Gasteiger partial charge in [-0.3, -0.25) is 9.59 Å². The number of nitriles is 1. The lowest BCUT2D eigenvalue weighted by molar-refractivity contribution is -0.120. The van der Waals surface area contributed by atoms with Gasteiger partial charge in [0.25, 0.3) is 5.91 Å². The molecule has 1 aliphatic rings. The van der Waals surface area contributed by atoms with Gasteiger partial charge in [-0.05, 0) is 42.0 Å². The molecule has 126 valence electrons. The van der Waals surface area contributed by atoms with Crippen LogP contribution in [0.15, 0.2) is 54.6 Å². The maximum Gasteiger partial charge on any atom is 0.251 e. The molecule has 25 heavy (non-hydrogen) atoms. The van der Waals surface area contributed by atoms with E-state index in [0.717, 1.165) is 24.0 Å². The lowest BCUT2D eigenvalue weighted by Crippen LogP contribution is -2.42. The first-order valence-corrected chi connectivity index (χ1v) is 8.30. The summed E-state index contributed by atoms with van der Waals surface area (Å²) < 4.78 is 0. The topological polar surface area (TPSA) is 82.0 Å². The van der Waals surface area contributed by atoms with Crippen molar-refractivity contribution in [3.05, 3.63) is 60.2 Å². The fourth-order valence-corrected chi connectivity index (χ4v) is 2.62. The number of nitrogens with zero attached hydrogens (tertiary/aromatic N) is 1. The highest BCUT2D eigenvalue weighted by molar-refractivity contribution is 5.96. The maximum absolute atomic E-state index is 12.1. The lowest BCUT2D eigenvalue weighted by atomic mass is 10.0. The first kappa shape index (κ1) is 16.7. The number of hydrogen-bond donors (Lipinski definition) is 2. The van der Waals surface area contributed by atoms with E-state index >= 15 is 0 Å². The van der Waals surface area contributed by atoms with Gasteiger partial charge in [-0.2, -0.15) is 5.26 Å². The van der Waals surface area contributed by atoms with Crippen molar-refractivity contribution in [2.24, 2.45) is 5.92 Å². The Morgan fingerprint density at radius 1 is 1.04 bits per heavy atom. The van der Waals surface area contributed by atoms with Crippen molar-refractivity contribution in [2.75, 3.05) is 6.54 Å². The highest BCUT2D eigenvalue weighted by atomic mass is 16.2. The minimum atomic E-state index is -0.449. The van der Waals surface area contributed by atoms with Crippen LogP contribution in [0, 0.1) is 17.2 Å². The van der Waals surface area contributed by atoms with Gasteiger partial charge in [-0.1, -0.05) is 42.5 Å². The van der Waals surface area contributed by atoms with Gasteiger partial charge in [0.05, 0.1) is 12.6 Å². The first-order chi connectivity index (χ1) is 12.2. The van der Waals surface area contributed by atoms with Crippen LogP contribution in [0.3, 0.4) is 0 Å². The molecule has 0 heterocycles. The Hall–Kier alpha value is -3.13. The quantitative estimate of drug-likeness (QED) is 0.852. The Bertz CT molecular complexity index is 790. The fourth-order valence-electron chi connectivity index (χ4n) is 2.62. The molecule has 5 heteroatoms. The maximum atomic E-state index is 12.1. The molecule has 0 unspecified atom stereocenters. The van der Waals surface area contributed by atoms with Crippen LogP contribution in [0.5, 0.6) is 0 Å². The normalized spacial score (nSPS) is 14.2. The van der Waals surface area contributed by atoms with Gasteiger partial charge in [-0.25, -0.2) is 0 Å². The number of carbonyl (C=O) groups excluding carboxylic acids is 2. The van der Waals surface area contributed by atoms with Crippen LogP contribution >= 0.6 is 0 Å². The molecule has 0 aromatic heterocycles. The van der Waals surface area contributed by atoms with E-state index < -0.39 is 6.04 Å².